The molecule has 0 saturated carbocycles. The Kier molecular flexibility index (Phi) is 3.54. The Bertz CT molecular complexity index is 552. The zero-order valence-electron chi connectivity index (χ0n) is 9.89. The van der Waals surface area contributed by atoms with Crippen LogP contribution in [0.15, 0.2) is 24.4 Å². The number of aryl methyl sites for hydroxylation is 1. The lowest BCUT2D eigenvalue weighted by Gasteiger charge is -2.13. The number of aliphatic hydroxyl groups is 1. The van der Waals surface area contributed by atoms with E-state index in [1.54, 1.807) is 13.1 Å². The Hall–Kier alpha value is -1.59. The van der Waals surface area contributed by atoms with E-state index >= 15 is 0 Å². The van der Waals surface area contributed by atoms with Crippen LogP contribution in [0.25, 0.3) is 0 Å². The number of ether oxygens (including phenoxy) is 1. The number of hydrogen-bond acceptors (Lipinski definition) is 3. The van der Waals surface area contributed by atoms with Crippen LogP contribution in [0.3, 0.4) is 0 Å². The Labute approximate surface area is 109 Å². The predicted molar refractivity (Wildman–Crippen MR) is 65.2 cm³/mol. The SMILES string of the molecule is COc1ccc(C(O)c2c(Cl)cnn2C)c(F)c1. The van der Waals surface area contributed by atoms with E-state index in [-0.39, 0.29) is 5.56 Å². The molecule has 0 amide bonds. The quantitative estimate of drug-likeness (QED) is 0.931. The van der Waals surface area contributed by atoms with Gasteiger partial charge in [-0.05, 0) is 12.1 Å². The van der Waals surface area contributed by atoms with E-state index in [2.05, 4.69) is 5.10 Å². The number of rotatable bonds is 3. The minimum absolute atomic E-state index is 0.126. The monoisotopic (exact) mass is 270 g/mol. The van der Waals surface area contributed by atoms with E-state index in [1.165, 1.54) is 30.1 Å². The van der Waals surface area contributed by atoms with Crippen LogP contribution in [0.1, 0.15) is 17.4 Å². The molecule has 1 heterocycles. The average Bonchev–Trinajstić information content (AvgIpc) is 2.68. The van der Waals surface area contributed by atoms with Gasteiger partial charge in [0.05, 0.1) is 24.0 Å². The van der Waals surface area contributed by atoms with E-state index in [0.717, 1.165) is 0 Å². The standard InChI is InChI=1S/C12H12ClFN2O2/c1-16-11(9(13)6-15-16)12(17)8-4-3-7(18-2)5-10(8)14/h3-6,12,17H,1-2H3. The second-order valence-electron chi connectivity index (χ2n) is 3.79. The smallest absolute Gasteiger partial charge is 0.133 e. The van der Waals surface area contributed by atoms with Crippen molar-refractivity contribution in [2.24, 2.45) is 7.05 Å². The van der Waals surface area contributed by atoms with Crippen LogP contribution in [0.5, 0.6) is 5.75 Å². The van der Waals surface area contributed by atoms with E-state index in [4.69, 9.17) is 16.3 Å². The molecule has 0 radical (unpaired) electrons. The van der Waals surface area contributed by atoms with Crippen LogP contribution >= 0.6 is 11.6 Å². The molecule has 0 spiro atoms. The van der Waals surface area contributed by atoms with Crippen LogP contribution in [0.2, 0.25) is 5.02 Å². The molecule has 0 bridgehead atoms. The topological polar surface area (TPSA) is 47.3 Å². The van der Waals surface area contributed by atoms with Gasteiger partial charge in [0, 0.05) is 18.7 Å². The summed E-state index contributed by atoms with van der Waals surface area (Å²) in [6.07, 6.45) is 0.234. The van der Waals surface area contributed by atoms with Crippen molar-refractivity contribution in [2.75, 3.05) is 7.11 Å². The van der Waals surface area contributed by atoms with Crippen molar-refractivity contribution in [2.45, 2.75) is 6.10 Å². The zero-order chi connectivity index (χ0) is 13.3. The van der Waals surface area contributed by atoms with E-state index in [0.29, 0.717) is 16.5 Å². The predicted octanol–water partition coefficient (Wildman–Crippen LogP) is 2.30. The summed E-state index contributed by atoms with van der Waals surface area (Å²) in [4.78, 5) is 0. The Balaban J connectivity index is 2.43. The molecule has 1 unspecified atom stereocenters. The third-order valence-electron chi connectivity index (χ3n) is 2.70. The molecule has 0 aliphatic heterocycles. The molecule has 0 aliphatic carbocycles. The van der Waals surface area contributed by atoms with Crippen molar-refractivity contribution in [3.05, 3.63) is 46.5 Å². The van der Waals surface area contributed by atoms with Crippen molar-refractivity contribution >= 4 is 11.6 Å². The second kappa shape index (κ2) is 4.96. The lowest BCUT2D eigenvalue weighted by atomic mass is 10.1. The molecule has 0 saturated heterocycles. The summed E-state index contributed by atoms with van der Waals surface area (Å²) < 4.78 is 20.1. The summed E-state index contributed by atoms with van der Waals surface area (Å²) in [5.74, 6) is -0.168. The van der Waals surface area contributed by atoms with Crippen molar-refractivity contribution in [3.8, 4) is 5.75 Å². The van der Waals surface area contributed by atoms with Crippen LogP contribution in [-0.4, -0.2) is 22.0 Å². The number of aliphatic hydroxyl groups excluding tert-OH is 1. The molecule has 2 aromatic rings. The highest BCUT2D eigenvalue weighted by Crippen LogP contribution is 2.30. The highest BCUT2D eigenvalue weighted by atomic mass is 35.5. The number of methoxy groups -OCH3 is 1. The number of aromatic nitrogens is 2. The summed E-state index contributed by atoms with van der Waals surface area (Å²) in [7, 11) is 3.08. The van der Waals surface area contributed by atoms with Crippen molar-refractivity contribution in [3.63, 3.8) is 0 Å². The third-order valence-corrected chi connectivity index (χ3v) is 2.99. The molecule has 2 rings (SSSR count). The molecule has 0 fully saturated rings. The minimum Gasteiger partial charge on any atom is -0.497 e. The third kappa shape index (κ3) is 2.19. The van der Waals surface area contributed by atoms with E-state index in [9.17, 15) is 9.50 Å². The largest absolute Gasteiger partial charge is 0.497 e. The summed E-state index contributed by atoms with van der Waals surface area (Å²) >= 11 is 5.91. The summed E-state index contributed by atoms with van der Waals surface area (Å²) in [5, 5.41) is 14.4. The van der Waals surface area contributed by atoms with E-state index in [1.807, 2.05) is 0 Å². The maximum Gasteiger partial charge on any atom is 0.133 e. The number of halogens is 2. The first-order chi connectivity index (χ1) is 8.54. The lowest BCUT2D eigenvalue weighted by Crippen LogP contribution is -2.09. The van der Waals surface area contributed by atoms with Gasteiger partial charge in [0.2, 0.25) is 0 Å². The van der Waals surface area contributed by atoms with Gasteiger partial charge < -0.3 is 9.84 Å². The fourth-order valence-electron chi connectivity index (χ4n) is 1.73. The zero-order valence-corrected chi connectivity index (χ0v) is 10.6. The van der Waals surface area contributed by atoms with Crippen LogP contribution in [-0.2, 0) is 7.05 Å². The maximum absolute atomic E-state index is 13.8. The molecule has 6 heteroatoms. The van der Waals surface area contributed by atoms with Gasteiger partial charge in [0.1, 0.15) is 17.7 Å². The normalized spacial score (nSPS) is 12.5. The van der Waals surface area contributed by atoms with Crippen LogP contribution in [0.4, 0.5) is 4.39 Å². The van der Waals surface area contributed by atoms with Crippen LogP contribution in [0, 0.1) is 5.82 Å². The fourth-order valence-corrected chi connectivity index (χ4v) is 2.00. The van der Waals surface area contributed by atoms with Gasteiger partial charge in [-0.3, -0.25) is 4.68 Å². The van der Waals surface area contributed by atoms with Gasteiger partial charge in [-0.15, -0.1) is 0 Å². The van der Waals surface area contributed by atoms with E-state index < -0.39 is 11.9 Å². The molecule has 18 heavy (non-hydrogen) atoms. The number of nitrogens with zero attached hydrogens (tertiary/aromatic N) is 2. The fraction of sp³-hybridized carbons (Fsp3) is 0.250. The first kappa shape index (κ1) is 12.9. The Morgan fingerprint density at radius 1 is 1.50 bits per heavy atom. The van der Waals surface area contributed by atoms with Gasteiger partial charge in [-0.25, -0.2) is 4.39 Å². The highest BCUT2D eigenvalue weighted by Gasteiger charge is 2.21. The molecule has 96 valence electrons. The van der Waals surface area contributed by atoms with Crippen molar-refractivity contribution in [1.29, 1.82) is 0 Å². The van der Waals surface area contributed by atoms with Gasteiger partial charge >= 0.3 is 0 Å². The Morgan fingerprint density at radius 3 is 2.72 bits per heavy atom. The lowest BCUT2D eigenvalue weighted by molar-refractivity contribution is 0.204. The molecule has 1 aromatic heterocycles. The molecule has 1 N–H and O–H groups in total. The van der Waals surface area contributed by atoms with Gasteiger partial charge in [0.15, 0.2) is 0 Å². The summed E-state index contributed by atoms with van der Waals surface area (Å²) in [6.45, 7) is 0. The minimum atomic E-state index is -1.17. The van der Waals surface area contributed by atoms with Gasteiger partial charge in [-0.1, -0.05) is 11.6 Å². The molecule has 1 aromatic carbocycles. The maximum atomic E-state index is 13.8. The van der Waals surface area contributed by atoms with Crippen molar-refractivity contribution < 1.29 is 14.2 Å². The summed E-state index contributed by atoms with van der Waals surface area (Å²) in [6, 6.07) is 4.25. The molecule has 4 nitrogen and oxygen atoms in total. The van der Waals surface area contributed by atoms with Gasteiger partial charge in [-0.2, -0.15) is 5.10 Å². The number of hydrogen-bond donors (Lipinski definition) is 1. The summed E-state index contributed by atoms with van der Waals surface area (Å²) in [5.41, 5.74) is 0.474. The average molecular weight is 271 g/mol. The molecule has 1 atom stereocenters. The first-order valence-electron chi connectivity index (χ1n) is 5.23. The molecular formula is C12H12ClFN2O2. The first-order valence-corrected chi connectivity index (χ1v) is 5.61. The highest BCUT2D eigenvalue weighted by molar-refractivity contribution is 6.31. The number of benzene rings is 1. The second-order valence-corrected chi connectivity index (χ2v) is 4.20. The van der Waals surface area contributed by atoms with Crippen molar-refractivity contribution in [1.82, 2.24) is 9.78 Å². The molecular weight excluding hydrogens is 259 g/mol. The Morgan fingerprint density at radius 2 is 2.22 bits per heavy atom. The van der Waals surface area contributed by atoms with Crippen LogP contribution < -0.4 is 4.74 Å². The van der Waals surface area contributed by atoms with Gasteiger partial charge in [0.25, 0.3) is 0 Å². The molecule has 0 aliphatic rings.